The Morgan fingerprint density at radius 2 is 2.00 bits per heavy atom. The van der Waals surface area contributed by atoms with Crippen molar-refractivity contribution in [2.24, 2.45) is 0 Å². The van der Waals surface area contributed by atoms with Gasteiger partial charge in [-0.15, -0.1) is 11.3 Å². The van der Waals surface area contributed by atoms with Crippen LogP contribution in [0.25, 0.3) is 10.2 Å². The van der Waals surface area contributed by atoms with E-state index in [9.17, 15) is 5.11 Å². The van der Waals surface area contributed by atoms with E-state index >= 15 is 0 Å². The molecule has 0 radical (unpaired) electrons. The van der Waals surface area contributed by atoms with Crippen LogP contribution >= 0.6 is 23.1 Å². The van der Waals surface area contributed by atoms with Crippen LogP contribution in [0.1, 0.15) is 35.8 Å². The Bertz CT molecular complexity index is 893. The maximum Gasteiger partial charge on any atom is 0.191 e. The number of anilines is 1. The van der Waals surface area contributed by atoms with E-state index in [1.54, 1.807) is 18.7 Å². The molecule has 1 aromatic carbocycles. The largest absolute Gasteiger partial charge is 0.392 e. The van der Waals surface area contributed by atoms with Gasteiger partial charge in [0.05, 0.1) is 11.5 Å². The number of thiophene rings is 1. The van der Waals surface area contributed by atoms with Gasteiger partial charge in [-0.2, -0.15) is 0 Å². The molecule has 0 saturated heterocycles. The molecule has 2 aromatic heterocycles. The number of thioether (sulfide) groups is 1. The molecule has 1 aliphatic carbocycles. The molecule has 1 atom stereocenters. The molecule has 1 aliphatic rings. The maximum absolute atomic E-state index is 9.69. The zero-order valence-corrected chi connectivity index (χ0v) is 16.5. The van der Waals surface area contributed by atoms with Crippen molar-refractivity contribution in [2.75, 3.05) is 11.9 Å². The van der Waals surface area contributed by atoms with Crippen molar-refractivity contribution in [1.82, 2.24) is 9.97 Å². The van der Waals surface area contributed by atoms with E-state index in [1.807, 2.05) is 17.4 Å². The van der Waals surface area contributed by atoms with Crippen molar-refractivity contribution >= 4 is 39.1 Å². The second-order valence-electron chi connectivity index (χ2n) is 6.75. The second-order valence-corrected chi connectivity index (χ2v) is 8.78. The molecular formula is C20H23N3OS2. The molecule has 4 rings (SSSR count). The van der Waals surface area contributed by atoms with Crippen molar-refractivity contribution in [3.8, 4) is 0 Å². The van der Waals surface area contributed by atoms with E-state index in [-0.39, 0.29) is 0 Å². The van der Waals surface area contributed by atoms with Gasteiger partial charge in [0, 0.05) is 17.2 Å². The lowest BCUT2D eigenvalue weighted by molar-refractivity contribution is 0.208. The van der Waals surface area contributed by atoms with Crippen LogP contribution in [0.2, 0.25) is 0 Å². The highest BCUT2D eigenvalue weighted by molar-refractivity contribution is 7.98. The molecule has 2 N–H and O–H groups in total. The number of aromatic nitrogens is 2. The molecule has 0 bridgehead atoms. The third-order valence-corrected chi connectivity index (χ3v) is 6.67. The fourth-order valence-corrected chi connectivity index (χ4v) is 5.42. The van der Waals surface area contributed by atoms with Crippen molar-refractivity contribution in [2.45, 2.75) is 49.6 Å². The molecule has 4 nitrogen and oxygen atoms in total. The number of hydrogen-bond donors (Lipinski definition) is 2. The first-order chi connectivity index (χ1) is 12.7. The molecule has 26 heavy (non-hydrogen) atoms. The van der Waals surface area contributed by atoms with E-state index in [0.29, 0.717) is 6.54 Å². The summed E-state index contributed by atoms with van der Waals surface area (Å²) >= 11 is 3.48. The maximum atomic E-state index is 9.69. The quantitative estimate of drug-likeness (QED) is 0.478. The van der Waals surface area contributed by atoms with Crippen LogP contribution in [0, 0.1) is 0 Å². The SMILES string of the molecule is CC(O)CNc1nc(SCc2ccccc2)nc2sc3c(c12)CCCC3. The Morgan fingerprint density at radius 1 is 1.19 bits per heavy atom. The Kier molecular flexibility index (Phi) is 5.43. The predicted molar refractivity (Wildman–Crippen MR) is 110 cm³/mol. The molecule has 0 fully saturated rings. The lowest BCUT2D eigenvalue weighted by atomic mass is 9.97. The number of aliphatic hydroxyl groups excluding tert-OH is 1. The molecule has 3 aromatic rings. The summed E-state index contributed by atoms with van der Waals surface area (Å²) in [5, 5.41) is 15.0. The summed E-state index contributed by atoms with van der Waals surface area (Å²) < 4.78 is 0. The summed E-state index contributed by atoms with van der Waals surface area (Å²) in [5.41, 5.74) is 2.69. The van der Waals surface area contributed by atoms with Crippen molar-refractivity contribution < 1.29 is 5.11 Å². The first kappa shape index (κ1) is 17.8. The van der Waals surface area contributed by atoms with Crippen molar-refractivity contribution in [1.29, 1.82) is 0 Å². The molecule has 0 amide bonds. The predicted octanol–water partition coefficient (Wildman–Crippen LogP) is 4.66. The Morgan fingerprint density at radius 3 is 2.81 bits per heavy atom. The lowest BCUT2D eigenvalue weighted by Crippen LogP contribution is -2.16. The summed E-state index contributed by atoms with van der Waals surface area (Å²) in [5.74, 6) is 1.73. The second kappa shape index (κ2) is 7.94. The van der Waals surface area contributed by atoms with Crippen LogP contribution in [-0.4, -0.2) is 27.7 Å². The van der Waals surface area contributed by atoms with Gasteiger partial charge in [-0.1, -0.05) is 42.1 Å². The summed E-state index contributed by atoms with van der Waals surface area (Å²) in [6, 6.07) is 10.4. The smallest absolute Gasteiger partial charge is 0.191 e. The van der Waals surface area contributed by atoms with Gasteiger partial charge in [0.2, 0.25) is 0 Å². The lowest BCUT2D eigenvalue weighted by Gasteiger charge is -2.14. The summed E-state index contributed by atoms with van der Waals surface area (Å²) in [7, 11) is 0. The average molecular weight is 386 g/mol. The van der Waals surface area contributed by atoms with Gasteiger partial charge in [-0.25, -0.2) is 9.97 Å². The molecule has 0 aliphatic heterocycles. The number of rotatable bonds is 6. The Balaban J connectivity index is 1.67. The van der Waals surface area contributed by atoms with E-state index in [1.165, 1.54) is 34.2 Å². The number of aliphatic hydroxyl groups is 1. The van der Waals surface area contributed by atoms with Gasteiger partial charge in [0.1, 0.15) is 10.6 Å². The van der Waals surface area contributed by atoms with Gasteiger partial charge in [0.15, 0.2) is 5.16 Å². The Labute approximate surface area is 162 Å². The third kappa shape index (κ3) is 3.87. The zero-order chi connectivity index (χ0) is 17.9. The number of nitrogens with one attached hydrogen (secondary N) is 1. The first-order valence-electron chi connectivity index (χ1n) is 9.11. The van der Waals surface area contributed by atoms with Gasteiger partial charge < -0.3 is 10.4 Å². The number of nitrogens with zero attached hydrogens (tertiary/aromatic N) is 2. The van der Waals surface area contributed by atoms with Crippen LogP contribution in [0.4, 0.5) is 5.82 Å². The molecular weight excluding hydrogens is 362 g/mol. The van der Waals surface area contributed by atoms with Gasteiger partial charge in [0.25, 0.3) is 0 Å². The van der Waals surface area contributed by atoms with E-state index < -0.39 is 6.10 Å². The van der Waals surface area contributed by atoms with Gasteiger partial charge in [-0.3, -0.25) is 0 Å². The highest BCUT2D eigenvalue weighted by Gasteiger charge is 2.21. The third-order valence-electron chi connectivity index (χ3n) is 4.57. The minimum absolute atomic E-state index is 0.408. The monoisotopic (exact) mass is 385 g/mol. The topological polar surface area (TPSA) is 58.0 Å². The molecule has 6 heteroatoms. The number of hydrogen-bond acceptors (Lipinski definition) is 6. The van der Waals surface area contributed by atoms with Crippen LogP contribution in [0.3, 0.4) is 0 Å². The van der Waals surface area contributed by atoms with Crippen LogP contribution in [0.5, 0.6) is 0 Å². The molecule has 2 heterocycles. The fraction of sp³-hybridized carbons (Fsp3) is 0.400. The summed E-state index contributed by atoms with van der Waals surface area (Å²) in [6.07, 6.45) is 4.35. The van der Waals surface area contributed by atoms with E-state index in [2.05, 4.69) is 29.6 Å². The summed E-state index contributed by atoms with van der Waals surface area (Å²) in [4.78, 5) is 12.2. The van der Waals surface area contributed by atoms with Crippen molar-refractivity contribution in [3.63, 3.8) is 0 Å². The first-order valence-corrected chi connectivity index (χ1v) is 10.9. The summed E-state index contributed by atoms with van der Waals surface area (Å²) in [6.45, 7) is 2.29. The molecule has 1 unspecified atom stereocenters. The van der Waals surface area contributed by atoms with Crippen LogP contribution < -0.4 is 5.32 Å². The highest BCUT2D eigenvalue weighted by Crippen LogP contribution is 2.39. The van der Waals surface area contributed by atoms with Crippen molar-refractivity contribution in [3.05, 3.63) is 46.3 Å². The fourth-order valence-electron chi connectivity index (χ4n) is 3.30. The average Bonchev–Trinajstić information content (AvgIpc) is 3.04. The number of aryl methyl sites for hydroxylation is 2. The van der Waals surface area contributed by atoms with Gasteiger partial charge in [-0.05, 0) is 43.7 Å². The normalized spacial score (nSPS) is 15.0. The standard InChI is InChI=1S/C20H23N3OS2/c1-13(24)11-21-18-17-15-9-5-6-10-16(15)26-19(17)23-20(22-18)25-12-14-7-3-2-4-8-14/h2-4,7-8,13,24H,5-6,9-12H2,1H3,(H,21,22,23). The molecule has 136 valence electrons. The van der Waals surface area contributed by atoms with Crippen LogP contribution in [-0.2, 0) is 18.6 Å². The minimum atomic E-state index is -0.408. The van der Waals surface area contributed by atoms with Gasteiger partial charge >= 0.3 is 0 Å². The van der Waals surface area contributed by atoms with Crippen LogP contribution in [0.15, 0.2) is 35.5 Å². The van der Waals surface area contributed by atoms with E-state index in [4.69, 9.17) is 9.97 Å². The van der Waals surface area contributed by atoms with E-state index in [0.717, 1.165) is 34.4 Å². The number of fused-ring (bicyclic) bond motifs is 3. The Hall–Kier alpha value is -1.63. The number of benzene rings is 1. The zero-order valence-electron chi connectivity index (χ0n) is 14.9. The molecule has 0 spiro atoms. The molecule has 0 saturated carbocycles. The minimum Gasteiger partial charge on any atom is -0.392 e. The highest BCUT2D eigenvalue weighted by atomic mass is 32.2.